The quantitative estimate of drug-likeness (QED) is 0.0302. The van der Waals surface area contributed by atoms with Crippen LogP contribution in [0.3, 0.4) is 0 Å². The smallest absolute Gasteiger partial charge is 0.416 e. The molecule has 5 rings (SSSR count). The fourth-order valence-electron chi connectivity index (χ4n) is 6.06. The number of aliphatic carboxylic acids is 1. The number of para-hydroxylation sites is 1. The molecule has 0 spiro atoms. The van der Waals surface area contributed by atoms with Crippen molar-refractivity contribution < 1.29 is 60.9 Å². The van der Waals surface area contributed by atoms with Gasteiger partial charge in [0, 0.05) is 19.9 Å². The van der Waals surface area contributed by atoms with Crippen LogP contribution in [0.25, 0.3) is 5.69 Å². The van der Waals surface area contributed by atoms with Gasteiger partial charge in [0.1, 0.15) is 48.1 Å². The van der Waals surface area contributed by atoms with Gasteiger partial charge in [0.05, 0.1) is 39.0 Å². The summed E-state index contributed by atoms with van der Waals surface area (Å²) in [5.74, 6) is -1.37. The monoisotopic (exact) mass is 1070 g/mol. The van der Waals surface area contributed by atoms with Crippen molar-refractivity contribution in [3.8, 4) is 5.69 Å². The molecule has 3 unspecified atom stereocenters. The second-order valence-corrected chi connectivity index (χ2v) is 19.4. The Balaban J connectivity index is 0.000000314. The van der Waals surface area contributed by atoms with Crippen LogP contribution in [-0.2, 0) is 47.4 Å². The van der Waals surface area contributed by atoms with Gasteiger partial charge in [-0.25, -0.2) is 4.68 Å². The fourth-order valence-corrected chi connectivity index (χ4v) is 7.84. The summed E-state index contributed by atoms with van der Waals surface area (Å²) in [4.78, 5) is 54.6. The summed E-state index contributed by atoms with van der Waals surface area (Å²) >= 11 is 28.4. The molecule has 3 atom stereocenters. The maximum absolute atomic E-state index is 12.6. The van der Waals surface area contributed by atoms with E-state index in [1.165, 1.54) is 11.6 Å². The van der Waals surface area contributed by atoms with Crippen LogP contribution >= 0.6 is 65.4 Å². The molecule has 1 fully saturated rings. The van der Waals surface area contributed by atoms with Crippen LogP contribution in [0.1, 0.15) is 62.7 Å². The number of methoxy groups -OCH3 is 1. The number of nitro groups is 1. The number of hydrogen-bond acceptors (Lipinski definition) is 12. The zero-order valence-corrected chi connectivity index (χ0v) is 41.5. The summed E-state index contributed by atoms with van der Waals surface area (Å²) in [5.41, 5.74) is 11.4. The highest BCUT2D eigenvalue weighted by atomic mass is 35.5. The number of carboxylic acid groups (broad SMARTS) is 1. The van der Waals surface area contributed by atoms with E-state index in [2.05, 4.69) is 18.9 Å². The van der Waals surface area contributed by atoms with E-state index in [0.29, 0.717) is 24.4 Å². The number of benzene rings is 2. The molecule has 67 heavy (non-hydrogen) atoms. The molecule has 0 saturated carbocycles. The maximum Gasteiger partial charge on any atom is 0.416 e. The lowest BCUT2D eigenvalue weighted by molar-refractivity contribution is -0.383. The number of aryl methyl sites for hydroxylation is 2. The van der Waals surface area contributed by atoms with Crippen molar-refractivity contribution in [2.24, 2.45) is 5.73 Å². The molecule has 2 amide bonds. The number of ether oxygens (including phenoxy) is 2. The lowest BCUT2D eigenvalue weighted by Gasteiger charge is -2.29. The van der Waals surface area contributed by atoms with Crippen molar-refractivity contribution in [2.75, 3.05) is 49.7 Å². The van der Waals surface area contributed by atoms with Gasteiger partial charge in [-0.15, -0.1) is 11.6 Å². The molecular formula is C40H50Cl5F3N7O11P. The van der Waals surface area contributed by atoms with Gasteiger partial charge in [-0.2, -0.15) is 18.3 Å². The predicted molar refractivity (Wildman–Crippen MR) is 250 cm³/mol. The van der Waals surface area contributed by atoms with E-state index >= 15 is 0 Å². The number of anilines is 2. The highest BCUT2D eigenvalue weighted by Crippen LogP contribution is 2.40. The first kappa shape index (κ1) is 59.0. The number of nitrogens with two attached hydrogens (primary N) is 2. The number of halogens is 8. The number of nitrogen functional groups attached to an aromatic ring is 1. The van der Waals surface area contributed by atoms with Crippen LogP contribution in [0.4, 0.5) is 30.4 Å². The Labute approximate surface area is 408 Å². The Bertz CT molecular complexity index is 2310. The average molecular weight is 1070 g/mol. The second kappa shape index (κ2) is 26.0. The van der Waals surface area contributed by atoms with Gasteiger partial charge >= 0.3 is 17.8 Å². The number of nitrogens with zero attached hydrogens (tertiary/aromatic N) is 5. The minimum absolute atomic E-state index is 0.0371. The molecule has 2 aromatic heterocycles. The first-order chi connectivity index (χ1) is 31.1. The lowest BCUT2D eigenvalue weighted by Crippen LogP contribution is -2.45. The molecule has 27 heteroatoms. The van der Waals surface area contributed by atoms with E-state index in [4.69, 9.17) is 93.4 Å². The molecule has 1 saturated heterocycles. The molecule has 2 aromatic carbocycles. The molecule has 6 N–H and O–H groups in total. The predicted octanol–water partition coefficient (Wildman–Crippen LogP) is 9.08. The third-order valence-corrected chi connectivity index (χ3v) is 11.6. The summed E-state index contributed by atoms with van der Waals surface area (Å²) in [6, 6.07) is 9.94. The van der Waals surface area contributed by atoms with Crippen LogP contribution < -0.4 is 16.4 Å². The van der Waals surface area contributed by atoms with Crippen molar-refractivity contribution >= 4 is 100 Å². The minimum atomic E-state index is -4.63. The summed E-state index contributed by atoms with van der Waals surface area (Å²) in [6.07, 6.45) is -0.747. The summed E-state index contributed by atoms with van der Waals surface area (Å²) in [5, 5.41) is 21.8. The number of hydrogen-bond donors (Lipinski definition) is 4. The summed E-state index contributed by atoms with van der Waals surface area (Å²) in [7, 11) is -1.52. The average Bonchev–Trinajstić information content (AvgIpc) is 4.00. The fraction of sp³-hybridized carbons (Fsp3) is 0.450. The van der Waals surface area contributed by atoms with Crippen molar-refractivity contribution in [3.63, 3.8) is 0 Å². The van der Waals surface area contributed by atoms with E-state index < -0.39 is 58.1 Å². The van der Waals surface area contributed by atoms with Crippen LogP contribution in [0, 0.1) is 10.1 Å². The zero-order valence-electron chi connectivity index (χ0n) is 36.8. The first-order valence-electron chi connectivity index (χ1n) is 19.7. The SMILES string of the molecule is CC1(C)OC(c2ccco2)CN1C(=O)C(Cl)Cl.CCc1cccc(CC)c1N(COC)C(=O)CCl.CP(=O)(O)CCC(N)C(=O)O.Nc1c([N+](=O)[O-])cnn1-c1c(Cl)cc(C(F)(F)F)cc1Cl. The third-order valence-electron chi connectivity index (χ3n) is 9.36. The maximum atomic E-state index is 12.6. The normalized spacial score (nSPS) is 15.5. The second-order valence-electron chi connectivity index (χ2n) is 14.7. The molecule has 3 heterocycles. The van der Waals surface area contributed by atoms with Gasteiger partial charge in [0.15, 0.2) is 12.2 Å². The molecule has 4 aromatic rings. The van der Waals surface area contributed by atoms with Gasteiger partial charge in [0.25, 0.3) is 5.91 Å². The number of alkyl halides is 6. The Morgan fingerprint density at radius 3 is 2.09 bits per heavy atom. The highest BCUT2D eigenvalue weighted by Gasteiger charge is 2.45. The standard InChI is InChI=1S/C14H20ClNO2.C11H13Cl2NO3.C10H5Cl2F3N4O2.C5H12NO4P/c1-4-11-7-6-8-12(5-2)14(11)16(10-18-3)13(17)9-15;1-11(2)14(10(15)9(12)13)6-8(17-11)7-4-3-5-16-7;11-5-1-4(10(13,14)15)2-6(12)8(5)18-9(16)7(3-17-18)19(20)21;1-11(9,10)3-2-4(6)5(7)8/h6-8H,4-5,9-10H2,1-3H3;3-5,8-9H,6H2,1-2H3;1-3H,16H2;4H,2-3,6H2,1H3,(H,7,8)(H,9,10). The highest BCUT2D eigenvalue weighted by molar-refractivity contribution is 7.57. The first-order valence-corrected chi connectivity index (χ1v) is 24.1. The Morgan fingerprint density at radius 2 is 1.69 bits per heavy atom. The zero-order chi connectivity index (χ0) is 51.2. The van der Waals surface area contributed by atoms with Gasteiger partial charge in [-0.3, -0.25) is 34.0 Å². The Hall–Kier alpha value is -4.15. The number of rotatable bonds is 14. The van der Waals surface area contributed by atoms with E-state index in [0.717, 1.165) is 40.5 Å². The van der Waals surface area contributed by atoms with Crippen molar-refractivity contribution in [1.82, 2.24) is 14.7 Å². The van der Waals surface area contributed by atoms with E-state index in [1.54, 1.807) is 38.2 Å². The van der Waals surface area contributed by atoms with E-state index in [9.17, 15) is 42.2 Å². The molecule has 372 valence electrons. The molecule has 1 aliphatic rings. The lowest BCUT2D eigenvalue weighted by atomic mass is 10.0. The number of amides is 2. The molecule has 18 nitrogen and oxygen atoms in total. The van der Waals surface area contributed by atoms with Gasteiger partial charge < -0.3 is 40.3 Å². The van der Waals surface area contributed by atoms with Gasteiger partial charge in [0.2, 0.25) is 11.7 Å². The van der Waals surface area contributed by atoms with Crippen LogP contribution in [0.15, 0.2) is 59.3 Å². The number of carbonyl (C=O) groups is 3. The molecular weight excluding hydrogens is 1020 g/mol. The molecule has 0 radical (unpaired) electrons. The third kappa shape index (κ3) is 17.1. The Kier molecular flexibility index (Phi) is 22.9. The van der Waals surface area contributed by atoms with Crippen molar-refractivity contribution in [2.45, 2.75) is 75.8 Å². The topological polar surface area (TPSA) is 260 Å². The molecule has 0 aliphatic carbocycles. The molecule has 1 aliphatic heterocycles. The number of carboxylic acids is 1. The molecule has 0 bridgehead atoms. The van der Waals surface area contributed by atoms with Crippen LogP contribution in [0.5, 0.6) is 0 Å². The number of furan rings is 1. The van der Waals surface area contributed by atoms with Crippen LogP contribution in [-0.4, -0.2) is 103 Å². The van der Waals surface area contributed by atoms with Gasteiger partial charge in [-0.05, 0) is 68.5 Å². The minimum Gasteiger partial charge on any atom is -0.480 e. The van der Waals surface area contributed by atoms with Crippen molar-refractivity contribution in [1.29, 1.82) is 0 Å². The largest absolute Gasteiger partial charge is 0.480 e. The number of carbonyl (C=O) groups excluding carboxylic acids is 2. The summed E-state index contributed by atoms with van der Waals surface area (Å²) in [6.45, 7) is 9.54. The Morgan fingerprint density at radius 1 is 1.12 bits per heavy atom. The van der Waals surface area contributed by atoms with Crippen LogP contribution in [0.2, 0.25) is 10.0 Å². The van der Waals surface area contributed by atoms with Gasteiger partial charge in [-0.1, -0.05) is 78.5 Å². The van der Waals surface area contributed by atoms with E-state index in [-0.39, 0.29) is 58.8 Å². The van der Waals surface area contributed by atoms with E-state index in [1.807, 2.05) is 24.3 Å². The summed E-state index contributed by atoms with van der Waals surface area (Å²) < 4.78 is 65.5. The van der Waals surface area contributed by atoms with Crippen molar-refractivity contribution in [3.05, 3.63) is 97.5 Å². The number of aromatic nitrogens is 2.